The molecule has 2 aliphatic heterocycles. The predicted octanol–water partition coefficient (Wildman–Crippen LogP) is 0.462. The van der Waals surface area contributed by atoms with E-state index in [1.54, 1.807) is 6.20 Å². The molecule has 108 valence electrons. The fourth-order valence-electron chi connectivity index (χ4n) is 2.74. The lowest BCUT2D eigenvalue weighted by atomic mass is 10.0. The number of thiazole rings is 1. The van der Waals surface area contributed by atoms with Gasteiger partial charge in [-0.05, 0) is 0 Å². The summed E-state index contributed by atoms with van der Waals surface area (Å²) in [5.74, 6) is -0.182. The molecule has 20 heavy (non-hydrogen) atoms. The van der Waals surface area contributed by atoms with Crippen molar-refractivity contribution < 1.29 is 14.3 Å². The van der Waals surface area contributed by atoms with Gasteiger partial charge in [0.1, 0.15) is 6.61 Å². The van der Waals surface area contributed by atoms with Crippen LogP contribution < -0.4 is 0 Å². The van der Waals surface area contributed by atoms with Gasteiger partial charge in [0.2, 0.25) is 0 Å². The zero-order valence-electron chi connectivity index (χ0n) is 11.3. The van der Waals surface area contributed by atoms with Crippen LogP contribution >= 0.6 is 11.3 Å². The fraction of sp³-hybridized carbons (Fsp3) is 0.615. The van der Waals surface area contributed by atoms with Crippen molar-refractivity contribution in [2.45, 2.75) is 13.0 Å². The average Bonchev–Trinajstić information content (AvgIpc) is 3.10. The Morgan fingerprint density at radius 2 is 2.15 bits per heavy atom. The molecule has 2 saturated heterocycles. The Balaban J connectivity index is 1.57. The molecule has 2 aliphatic rings. The molecule has 2 atom stereocenters. The number of piperazine rings is 1. The van der Waals surface area contributed by atoms with E-state index in [2.05, 4.69) is 9.88 Å². The molecule has 7 heteroatoms. The van der Waals surface area contributed by atoms with E-state index in [-0.39, 0.29) is 23.8 Å². The first kappa shape index (κ1) is 13.5. The summed E-state index contributed by atoms with van der Waals surface area (Å²) in [6.07, 6.45) is 1.65. The highest BCUT2D eigenvalue weighted by molar-refractivity contribution is 7.11. The topological polar surface area (TPSA) is 62.7 Å². The monoisotopic (exact) mass is 295 g/mol. The first-order valence-electron chi connectivity index (χ1n) is 6.76. The highest BCUT2D eigenvalue weighted by atomic mass is 32.1. The highest BCUT2D eigenvalue weighted by Crippen LogP contribution is 2.22. The molecule has 3 rings (SSSR count). The number of rotatable bonds is 2. The lowest BCUT2D eigenvalue weighted by molar-refractivity contribution is -0.140. The molecular formula is C13H17N3O3S. The Bertz CT molecular complexity index is 497. The number of esters is 1. The summed E-state index contributed by atoms with van der Waals surface area (Å²) in [7, 11) is 0. The Labute approximate surface area is 121 Å². The van der Waals surface area contributed by atoms with Crippen LogP contribution in [0.4, 0.5) is 0 Å². The number of hydrogen-bond acceptors (Lipinski definition) is 6. The molecule has 1 amide bonds. The van der Waals surface area contributed by atoms with Crippen molar-refractivity contribution >= 4 is 23.2 Å². The number of nitrogens with zero attached hydrogens (tertiary/aromatic N) is 3. The molecule has 0 bridgehead atoms. The summed E-state index contributed by atoms with van der Waals surface area (Å²) in [4.78, 5) is 31.8. The average molecular weight is 295 g/mol. The molecule has 0 aromatic carbocycles. The van der Waals surface area contributed by atoms with Crippen LogP contribution in [0.15, 0.2) is 11.6 Å². The fourth-order valence-corrected chi connectivity index (χ4v) is 3.35. The second kappa shape index (κ2) is 5.49. The Morgan fingerprint density at radius 3 is 2.70 bits per heavy atom. The summed E-state index contributed by atoms with van der Waals surface area (Å²) in [5.41, 5.74) is 0. The van der Waals surface area contributed by atoms with Crippen LogP contribution in [0.25, 0.3) is 0 Å². The van der Waals surface area contributed by atoms with Crippen molar-refractivity contribution in [2.75, 3.05) is 32.8 Å². The number of aromatic nitrogens is 1. The highest BCUT2D eigenvalue weighted by Gasteiger charge is 2.38. The molecule has 6 nitrogen and oxygen atoms in total. The summed E-state index contributed by atoms with van der Waals surface area (Å²) in [5, 5.41) is 2.36. The summed E-state index contributed by atoms with van der Waals surface area (Å²) >= 11 is 1.37. The molecule has 0 unspecified atom stereocenters. The van der Waals surface area contributed by atoms with Gasteiger partial charge in [0.25, 0.3) is 5.91 Å². The van der Waals surface area contributed by atoms with Crippen molar-refractivity contribution in [3.63, 3.8) is 0 Å². The van der Waals surface area contributed by atoms with Crippen LogP contribution in [-0.2, 0) is 9.53 Å². The van der Waals surface area contributed by atoms with Gasteiger partial charge in [0.05, 0.1) is 12.0 Å². The van der Waals surface area contributed by atoms with Gasteiger partial charge in [-0.1, -0.05) is 6.92 Å². The van der Waals surface area contributed by atoms with E-state index in [9.17, 15) is 9.59 Å². The van der Waals surface area contributed by atoms with E-state index < -0.39 is 0 Å². The number of carbonyl (C=O) groups excluding carboxylic acids is 2. The van der Waals surface area contributed by atoms with Gasteiger partial charge in [0, 0.05) is 37.8 Å². The largest absolute Gasteiger partial charge is 0.464 e. The maximum atomic E-state index is 12.2. The van der Waals surface area contributed by atoms with Gasteiger partial charge in [-0.3, -0.25) is 14.5 Å². The molecule has 0 aliphatic carbocycles. The lowest BCUT2D eigenvalue weighted by Gasteiger charge is -2.37. The van der Waals surface area contributed by atoms with Crippen LogP contribution in [0.3, 0.4) is 0 Å². The van der Waals surface area contributed by atoms with E-state index in [1.165, 1.54) is 11.3 Å². The minimum Gasteiger partial charge on any atom is -0.464 e. The molecular weight excluding hydrogens is 278 g/mol. The van der Waals surface area contributed by atoms with Gasteiger partial charge in [-0.15, -0.1) is 11.3 Å². The van der Waals surface area contributed by atoms with E-state index >= 15 is 0 Å². The van der Waals surface area contributed by atoms with E-state index in [0.717, 1.165) is 13.1 Å². The van der Waals surface area contributed by atoms with Crippen LogP contribution in [0.2, 0.25) is 0 Å². The summed E-state index contributed by atoms with van der Waals surface area (Å²) in [6.45, 7) is 5.30. The normalized spacial score (nSPS) is 27.6. The number of ether oxygens (including phenoxy) is 1. The third-order valence-corrected chi connectivity index (χ3v) is 4.79. The Kier molecular flexibility index (Phi) is 3.71. The van der Waals surface area contributed by atoms with Gasteiger partial charge in [0.15, 0.2) is 5.01 Å². The van der Waals surface area contributed by atoms with Gasteiger partial charge >= 0.3 is 5.97 Å². The number of cyclic esters (lactones) is 1. The molecule has 1 aromatic heterocycles. The van der Waals surface area contributed by atoms with Crippen molar-refractivity contribution in [3.05, 3.63) is 16.6 Å². The second-order valence-corrected chi connectivity index (χ2v) is 6.05. The lowest BCUT2D eigenvalue weighted by Crippen LogP contribution is -2.53. The predicted molar refractivity (Wildman–Crippen MR) is 73.5 cm³/mol. The molecule has 3 heterocycles. The Hall–Kier alpha value is -1.47. The molecule has 2 fully saturated rings. The Morgan fingerprint density at radius 1 is 1.40 bits per heavy atom. The molecule has 1 aromatic rings. The van der Waals surface area contributed by atoms with E-state index in [1.807, 2.05) is 17.2 Å². The summed E-state index contributed by atoms with van der Waals surface area (Å²) in [6, 6.07) is 0.152. The zero-order valence-corrected chi connectivity index (χ0v) is 12.1. The first-order chi connectivity index (χ1) is 9.66. The van der Waals surface area contributed by atoms with E-state index in [4.69, 9.17) is 4.74 Å². The number of carbonyl (C=O) groups is 2. The smallest absolute Gasteiger partial charge is 0.310 e. The number of hydrogen-bond donors (Lipinski definition) is 0. The first-order valence-corrected chi connectivity index (χ1v) is 7.64. The number of amides is 1. The van der Waals surface area contributed by atoms with Crippen LogP contribution in [0.5, 0.6) is 0 Å². The van der Waals surface area contributed by atoms with Crippen LogP contribution in [-0.4, -0.2) is 65.5 Å². The molecule has 0 radical (unpaired) electrons. The quantitative estimate of drug-likeness (QED) is 0.742. The van der Waals surface area contributed by atoms with Crippen molar-refractivity contribution in [1.29, 1.82) is 0 Å². The minimum absolute atomic E-state index is 0.00597. The standard InChI is InChI=1S/C13H17N3O3S/c1-9-10(8-19-13(9)18)15-3-5-16(6-4-15)12(17)11-14-2-7-20-11/h2,7,9-10H,3-6,8H2,1H3/t9-,10+/m1/s1. The second-order valence-electron chi connectivity index (χ2n) is 5.15. The van der Waals surface area contributed by atoms with E-state index in [0.29, 0.717) is 24.7 Å². The maximum absolute atomic E-state index is 12.2. The third kappa shape index (κ3) is 2.43. The van der Waals surface area contributed by atoms with Crippen molar-refractivity contribution in [1.82, 2.24) is 14.8 Å². The van der Waals surface area contributed by atoms with Crippen LogP contribution in [0.1, 0.15) is 16.7 Å². The zero-order chi connectivity index (χ0) is 14.1. The minimum atomic E-state index is -0.115. The van der Waals surface area contributed by atoms with Gasteiger partial charge in [-0.2, -0.15) is 0 Å². The summed E-state index contributed by atoms with van der Waals surface area (Å²) < 4.78 is 5.09. The van der Waals surface area contributed by atoms with Crippen molar-refractivity contribution in [3.8, 4) is 0 Å². The van der Waals surface area contributed by atoms with Gasteiger partial charge in [-0.25, -0.2) is 4.98 Å². The van der Waals surface area contributed by atoms with Crippen LogP contribution in [0, 0.1) is 5.92 Å². The molecule has 0 N–H and O–H groups in total. The SMILES string of the molecule is C[C@H]1C(=O)OC[C@@H]1N1CCN(C(=O)c2nccs2)CC1. The van der Waals surface area contributed by atoms with Gasteiger partial charge < -0.3 is 9.64 Å². The molecule has 0 spiro atoms. The van der Waals surface area contributed by atoms with Crippen molar-refractivity contribution in [2.24, 2.45) is 5.92 Å². The maximum Gasteiger partial charge on any atom is 0.310 e. The third-order valence-electron chi connectivity index (χ3n) is 4.03. The molecule has 0 saturated carbocycles.